The number of fused-ring (bicyclic) bond motifs is 1. The highest BCUT2D eigenvalue weighted by Crippen LogP contribution is 2.29. The molecule has 126 valence electrons. The van der Waals surface area contributed by atoms with Gasteiger partial charge in [-0.1, -0.05) is 11.2 Å². The Balaban J connectivity index is 1.89. The first-order chi connectivity index (χ1) is 11.5. The van der Waals surface area contributed by atoms with Crippen LogP contribution in [0.4, 0.5) is 0 Å². The topological polar surface area (TPSA) is 74.7 Å². The third kappa shape index (κ3) is 2.92. The number of hydrogen-bond acceptors (Lipinski definition) is 6. The van der Waals surface area contributed by atoms with Crippen molar-refractivity contribution in [3.05, 3.63) is 57.3 Å². The fraction of sp³-hybridized carbons (Fsp3) is 0.333. The summed E-state index contributed by atoms with van der Waals surface area (Å²) in [5.74, 6) is 1.23. The van der Waals surface area contributed by atoms with E-state index in [-0.39, 0.29) is 18.3 Å². The molecule has 0 saturated heterocycles. The molecule has 0 fully saturated rings. The quantitative estimate of drug-likeness (QED) is 0.665. The fourth-order valence-corrected chi connectivity index (χ4v) is 2.46. The van der Waals surface area contributed by atoms with Crippen LogP contribution in [0.25, 0.3) is 11.0 Å². The normalized spacial score (nSPS) is 12.5. The van der Waals surface area contributed by atoms with E-state index in [0.29, 0.717) is 28.4 Å². The lowest BCUT2D eigenvalue weighted by Crippen LogP contribution is -2.06. The molecule has 6 nitrogen and oxygen atoms in total. The van der Waals surface area contributed by atoms with E-state index < -0.39 is 0 Å². The van der Waals surface area contributed by atoms with Crippen LogP contribution in [0.15, 0.2) is 38.0 Å². The first-order valence-electron chi connectivity index (χ1n) is 7.65. The highest BCUT2D eigenvalue weighted by Gasteiger charge is 2.14. The standard InChI is InChI=1S/C18H19NO5/c1-10-11(2)18(20)23-16-7-5-6-15(17(10)16)22-9-13-8-14(19-24-13)12(3)21-4/h5-8,12H,9H2,1-4H3. The summed E-state index contributed by atoms with van der Waals surface area (Å²) in [4.78, 5) is 11.8. The van der Waals surface area contributed by atoms with Gasteiger partial charge >= 0.3 is 5.63 Å². The number of aromatic nitrogens is 1. The van der Waals surface area contributed by atoms with E-state index in [0.717, 1.165) is 10.9 Å². The van der Waals surface area contributed by atoms with E-state index in [1.165, 1.54) is 0 Å². The van der Waals surface area contributed by atoms with Crippen LogP contribution < -0.4 is 10.4 Å². The molecule has 0 amide bonds. The Labute approximate surface area is 139 Å². The maximum absolute atomic E-state index is 11.8. The molecule has 0 radical (unpaired) electrons. The smallest absolute Gasteiger partial charge is 0.339 e. The third-order valence-corrected chi connectivity index (χ3v) is 4.15. The van der Waals surface area contributed by atoms with Gasteiger partial charge in [0.2, 0.25) is 0 Å². The van der Waals surface area contributed by atoms with Gasteiger partial charge in [0.25, 0.3) is 0 Å². The van der Waals surface area contributed by atoms with Crippen molar-refractivity contribution < 1.29 is 18.4 Å². The minimum absolute atomic E-state index is 0.140. The summed E-state index contributed by atoms with van der Waals surface area (Å²) in [6.45, 7) is 5.74. The summed E-state index contributed by atoms with van der Waals surface area (Å²) in [5, 5.41) is 4.76. The molecule has 1 aromatic carbocycles. The maximum atomic E-state index is 11.8. The van der Waals surface area contributed by atoms with Crippen molar-refractivity contribution >= 4 is 11.0 Å². The summed E-state index contributed by atoms with van der Waals surface area (Å²) < 4.78 is 21.7. The minimum atomic E-state index is -0.328. The van der Waals surface area contributed by atoms with E-state index in [1.807, 2.05) is 19.9 Å². The molecular weight excluding hydrogens is 310 g/mol. The van der Waals surface area contributed by atoms with E-state index in [1.54, 1.807) is 32.2 Å². The van der Waals surface area contributed by atoms with Crippen LogP contribution >= 0.6 is 0 Å². The predicted octanol–water partition coefficient (Wildman–Crippen LogP) is 3.68. The van der Waals surface area contributed by atoms with Crippen LogP contribution in [0.3, 0.4) is 0 Å². The number of benzene rings is 1. The average molecular weight is 329 g/mol. The van der Waals surface area contributed by atoms with Gasteiger partial charge in [-0.05, 0) is 38.5 Å². The zero-order valence-electron chi connectivity index (χ0n) is 14.1. The van der Waals surface area contributed by atoms with E-state index in [9.17, 15) is 4.79 Å². The number of hydrogen-bond donors (Lipinski definition) is 0. The Morgan fingerprint density at radius 3 is 2.79 bits per heavy atom. The Morgan fingerprint density at radius 2 is 2.04 bits per heavy atom. The van der Waals surface area contributed by atoms with Gasteiger partial charge in [-0.25, -0.2) is 4.79 Å². The van der Waals surface area contributed by atoms with Crippen LogP contribution in [0, 0.1) is 13.8 Å². The maximum Gasteiger partial charge on any atom is 0.339 e. The first-order valence-corrected chi connectivity index (χ1v) is 7.65. The van der Waals surface area contributed by atoms with Gasteiger partial charge in [-0.3, -0.25) is 0 Å². The van der Waals surface area contributed by atoms with Gasteiger partial charge in [0.1, 0.15) is 23.6 Å². The molecule has 1 atom stereocenters. The van der Waals surface area contributed by atoms with Crippen molar-refractivity contribution in [2.75, 3.05) is 7.11 Å². The number of methoxy groups -OCH3 is 1. The van der Waals surface area contributed by atoms with Crippen LogP contribution in [0.1, 0.15) is 35.6 Å². The predicted molar refractivity (Wildman–Crippen MR) is 88.2 cm³/mol. The van der Waals surface area contributed by atoms with E-state index >= 15 is 0 Å². The largest absolute Gasteiger partial charge is 0.485 e. The van der Waals surface area contributed by atoms with Crippen molar-refractivity contribution in [1.29, 1.82) is 0 Å². The highest BCUT2D eigenvalue weighted by molar-refractivity contribution is 5.87. The molecule has 0 spiro atoms. The van der Waals surface area contributed by atoms with Gasteiger partial charge in [0.15, 0.2) is 5.76 Å². The van der Waals surface area contributed by atoms with Gasteiger partial charge < -0.3 is 18.4 Å². The molecular formula is C18H19NO5. The number of nitrogens with zero attached hydrogens (tertiary/aromatic N) is 1. The summed E-state index contributed by atoms with van der Waals surface area (Å²) in [6.07, 6.45) is -0.140. The minimum Gasteiger partial charge on any atom is -0.485 e. The fourth-order valence-electron chi connectivity index (χ4n) is 2.46. The molecule has 3 aromatic rings. The molecule has 0 saturated carbocycles. The molecule has 0 bridgehead atoms. The van der Waals surface area contributed by atoms with Gasteiger partial charge in [0, 0.05) is 18.7 Å². The zero-order valence-corrected chi connectivity index (χ0v) is 14.1. The molecule has 0 aliphatic rings. The van der Waals surface area contributed by atoms with Crippen LogP contribution in [-0.2, 0) is 11.3 Å². The van der Waals surface area contributed by atoms with Gasteiger partial charge in [-0.2, -0.15) is 0 Å². The summed E-state index contributed by atoms with van der Waals surface area (Å²) in [5.41, 5.74) is 2.32. The molecule has 2 aromatic heterocycles. The molecule has 3 rings (SSSR count). The number of ether oxygens (including phenoxy) is 2. The van der Waals surface area contributed by atoms with Crippen molar-refractivity contribution in [3.8, 4) is 5.75 Å². The Hall–Kier alpha value is -2.60. The lowest BCUT2D eigenvalue weighted by atomic mass is 10.1. The third-order valence-electron chi connectivity index (χ3n) is 4.15. The first kappa shape index (κ1) is 16.3. The van der Waals surface area contributed by atoms with E-state index in [4.69, 9.17) is 18.4 Å². The van der Waals surface area contributed by atoms with Crippen LogP contribution in [0.5, 0.6) is 5.75 Å². The zero-order chi connectivity index (χ0) is 17.3. The lowest BCUT2D eigenvalue weighted by Gasteiger charge is -2.10. The summed E-state index contributed by atoms with van der Waals surface area (Å²) in [6, 6.07) is 7.18. The van der Waals surface area contributed by atoms with Crippen LogP contribution in [0.2, 0.25) is 0 Å². The van der Waals surface area contributed by atoms with Crippen molar-refractivity contribution in [2.24, 2.45) is 0 Å². The Kier molecular flexibility index (Phi) is 4.40. The van der Waals surface area contributed by atoms with Gasteiger partial charge in [0.05, 0.1) is 11.5 Å². The molecule has 0 N–H and O–H groups in total. The highest BCUT2D eigenvalue weighted by atomic mass is 16.5. The van der Waals surface area contributed by atoms with Crippen molar-refractivity contribution in [2.45, 2.75) is 33.5 Å². The molecule has 6 heteroatoms. The van der Waals surface area contributed by atoms with E-state index in [2.05, 4.69) is 5.16 Å². The summed E-state index contributed by atoms with van der Waals surface area (Å²) >= 11 is 0. The summed E-state index contributed by atoms with van der Waals surface area (Å²) in [7, 11) is 1.62. The average Bonchev–Trinajstić information content (AvgIpc) is 3.06. The number of rotatable bonds is 5. The lowest BCUT2D eigenvalue weighted by molar-refractivity contribution is 0.112. The second-order valence-corrected chi connectivity index (χ2v) is 5.65. The Morgan fingerprint density at radius 1 is 1.25 bits per heavy atom. The SMILES string of the molecule is COC(C)c1cc(COc2cccc3oc(=O)c(C)c(C)c23)on1. The molecule has 0 aliphatic heterocycles. The van der Waals surface area contributed by atoms with Crippen LogP contribution in [-0.4, -0.2) is 12.3 Å². The monoisotopic (exact) mass is 329 g/mol. The Bertz CT molecular complexity index is 925. The van der Waals surface area contributed by atoms with Crippen molar-refractivity contribution in [3.63, 3.8) is 0 Å². The number of aryl methyl sites for hydroxylation is 1. The molecule has 2 heterocycles. The molecule has 1 unspecified atom stereocenters. The van der Waals surface area contributed by atoms with Crippen molar-refractivity contribution in [1.82, 2.24) is 5.16 Å². The molecule has 24 heavy (non-hydrogen) atoms. The molecule has 0 aliphatic carbocycles. The van der Waals surface area contributed by atoms with Gasteiger partial charge in [-0.15, -0.1) is 0 Å². The second-order valence-electron chi connectivity index (χ2n) is 5.65. The second kappa shape index (κ2) is 6.49.